The van der Waals surface area contributed by atoms with Crippen molar-refractivity contribution in [1.29, 1.82) is 0 Å². The van der Waals surface area contributed by atoms with E-state index in [-0.39, 0.29) is 5.92 Å². The molecule has 0 saturated heterocycles. The minimum atomic E-state index is -3.00. The fourth-order valence-corrected chi connectivity index (χ4v) is 1.68. The molecule has 1 rings (SSSR count). The maximum atomic E-state index is 10.8. The summed E-state index contributed by atoms with van der Waals surface area (Å²) < 4.78 is 41.2. The molecule has 0 spiro atoms. The average molecular weight is 323 g/mol. The Labute approximate surface area is 119 Å². The van der Waals surface area contributed by atoms with Crippen LogP contribution in [0.15, 0.2) is 35.2 Å². The second-order valence-corrected chi connectivity index (χ2v) is 6.72. The number of hydrogen-bond donors (Lipinski definition) is 2. The van der Waals surface area contributed by atoms with Crippen LogP contribution in [0.3, 0.4) is 0 Å². The molecule has 20 heavy (non-hydrogen) atoms. The maximum absolute atomic E-state index is 10.8. The SMILES string of the molecule is CC(C)C(=O)ON[SH](=O)=O.CS(=O)(=O)c1ccccc1. The molecule has 0 radical (unpaired) electrons. The molecule has 0 bridgehead atoms. The Morgan fingerprint density at radius 1 is 1.20 bits per heavy atom. The Morgan fingerprint density at radius 2 is 1.70 bits per heavy atom. The first kappa shape index (κ1) is 18.6. The van der Waals surface area contributed by atoms with Crippen molar-refractivity contribution in [3.05, 3.63) is 30.3 Å². The van der Waals surface area contributed by atoms with Crippen LogP contribution in [0.5, 0.6) is 0 Å². The lowest BCUT2D eigenvalue weighted by atomic mass is 10.2. The first-order valence-electron chi connectivity index (χ1n) is 5.50. The van der Waals surface area contributed by atoms with E-state index in [9.17, 15) is 21.6 Å². The number of sulfone groups is 1. The van der Waals surface area contributed by atoms with E-state index >= 15 is 0 Å². The van der Waals surface area contributed by atoms with Crippen LogP contribution in [0.4, 0.5) is 0 Å². The summed E-state index contributed by atoms with van der Waals surface area (Å²) in [5.41, 5.74) is 0. The van der Waals surface area contributed by atoms with Crippen molar-refractivity contribution in [2.45, 2.75) is 18.7 Å². The van der Waals surface area contributed by atoms with Crippen molar-refractivity contribution >= 4 is 26.7 Å². The van der Waals surface area contributed by atoms with Crippen LogP contribution in [0, 0.1) is 5.92 Å². The molecule has 114 valence electrons. The highest BCUT2D eigenvalue weighted by Gasteiger charge is 2.07. The topological polar surface area (TPSA) is 107 Å². The molecule has 0 saturated carbocycles. The van der Waals surface area contributed by atoms with Gasteiger partial charge in [0, 0.05) is 6.26 Å². The van der Waals surface area contributed by atoms with E-state index in [1.54, 1.807) is 44.2 Å². The third-order valence-electron chi connectivity index (χ3n) is 1.86. The molecular weight excluding hydrogens is 306 g/mol. The van der Waals surface area contributed by atoms with Crippen LogP contribution in [-0.4, -0.2) is 29.1 Å². The van der Waals surface area contributed by atoms with Crippen molar-refractivity contribution in [3.8, 4) is 0 Å². The van der Waals surface area contributed by atoms with Gasteiger partial charge < -0.3 is 4.84 Å². The highest BCUT2D eigenvalue weighted by Crippen LogP contribution is 2.05. The number of nitrogens with one attached hydrogen (secondary N) is 1. The number of benzene rings is 1. The average Bonchev–Trinajstić information content (AvgIpc) is 2.36. The smallest absolute Gasteiger partial charge is 0.328 e. The predicted molar refractivity (Wildman–Crippen MR) is 73.9 cm³/mol. The Hall–Kier alpha value is -1.45. The van der Waals surface area contributed by atoms with E-state index in [4.69, 9.17) is 0 Å². The van der Waals surface area contributed by atoms with Gasteiger partial charge in [-0.05, 0) is 17.0 Å². The summed E-state index contributed by atoms with van der Waals surface area (Å²) in [4.78, 5) is 16.5. The lowest BCUT2D eigenvalue weighted by Gasteiger charge is -2.01. The number of thiol groups is 1. The maximum Gasteiger partial charge on any atom is 0.328 e. The van der Waals surface area contributed by atoms with Gasteiger partial charge in [0.1, 0.15) is 0 Å². The fourth-order valence-electron chi connectivity index (χ4n) is 0.868. The van der Waals surface area contributed by atoms with Gasteiger partial charge in [0.25, 0.3) is 0 Å². The predicted octanol–water partition coefficient (Wildman–Crippen LogP) is 0.307. The third-order valence-corrected chi connectivity index (χ3v) is 3.23. The van der Waals surface area contributed by atoms with Gasteiger partial charge in [0.05, 0.1) is 10.8 Å². The summed E-state index contributed by atoms with van der Waals surface area (Å²) in [6.07, 6.45) is 1.20. The second-order valence-electron chi connectivity index (χ2n) is 4.01. The molecule has 0 unspecified atom stereocenters. The molecule has 0 heterocycles. The van der Waals surface area contributed by atoms with Crippen molar-refractivity contribution in [2.24, 2.45) is 5.92 Å². The third kappa shape index (κ3) is 8.62. The molecule has 7 nitrogen and oxygen atoms in total. The zero-order valence-corrected chi connectivity index (χ0v) is 13.0. The van der Waals surface area contributed by atoms with Crippen molar-refractivity contribution in [2.75, 3.05) is 6.26 Å². The largest absolute Gasteiger partial charge is 0.356 e. The van der Waals surface area contributed by atoms with E-state index in [1.165, 1.54) is 11.1 Å². The van der Waals surface area contributed by atoms with Gasteiger partial charge in [-0.15, -0.1) is 0 Å². The van der Waals surface area contributed by atoms with Crippen LogP contribution in [0.1, 0.15) is 13.8 Å². The van der Waals surface area contributed by atoms with E-state index in [0.717, 1.165) is 0 Å². The quantitative estimate of drug-likeness (QED) is 0.610. The van der Waals surface area contributed by atoms with Gasteiger partial charge in [-0.1, -0.05) is 32.0 Å². The highest BCUT2D eigenvalue weighted by molar-refractivity contribution is 7.90. The van der Waals surface area contributed by atoms with E-state index in [0.29, 0.717) is 4.90 Å². The Balaban J connectivity index is 0.000000361. The molecule has 0 aromatic heterocycles. The Morgan fingerprint density at radius 3 is 2.00 bits per heavy atom. The molecule has 0 aliphatic carbocycles. The van der Waals surface area contributed by atoms with Gasteiger partial charge in [-0.2, -0.15) is 0 Å². The van der Waals surface area contributed by atoms with Crippen LogP contribution < -0.4 is 4.89 Å². The summed E-state index contributed by atoms with van der Waals surface area (Å²) in [5, 5.41) is 0. The molecule has 0 aliphatic heterocycles. The lowest BCUT2D eigenvalue weighted by molar-refractivity contribution is -0.150. The van der Waals surface area contributed by atoms with Crippen LogP contribution >= 0.6 is 0 Å². The standard InChI is InChI=1S/C7H8O2S.C4H9NO4S/c1-10(8,9)7-5-3-2-4-6-7;1-3(2)4(6)9-5-10(7)8/h2-6H,1H3;3,10H,1-2H3,(H,5,7,8). The zero-order chi connectivity index (χ0) is 15.8. The second kappa shape index (κ2) is 8.67. The number of carbonyl (C=O) groups is 1. The van der Waals surface area contributed by atoms with Crippen molar-refractivity contribution in [3.63, 3.8) is 0 Å². The number of rotatable bonds is 4. The van der Waals surface area contributed by atoms with Gasteiger partial charge in [-0.3, -0.25) is 4.79 Å². The number of carbonyl (C=O) groups excluding carboxylic acids is 1. The van der Waals surface area contributed by atoms with E-state index in [2.05, 4.69) is 4.84 Å². The van der Waals surface area contributed by atoms with Crippen LogP contribution in [0.2, 0.25) is 0 Å². The van der Waals surface area contributed by atoms with Crippen LogP contribution in [-0.2, 0) is 30.4 Å². The molecule has 1 N–H and O–H groups in total. The first-order chi connectivity index (χ1) is 9.14. The molecular formula is C11H17NO6S2. The summed E-state index contributed by atoms with van der Waals surface area (Å²) in [6, 6.07) is 8.35. The zero-order valence-electron chi connectivity index (χ0n) is 11.3. The monoisotopic (exact) mass is 323 g/mol. The highest BCUT2D eigenvalue weighted by atomic mass is 32.2. The summed E-state index contributed by atoms with van der Waals surface area (Å²) in [6.45, 7) is 3.20. The Kier molecular flexibility index (Phi) is 8.04. The molecule has 9 heteroatoms. The van der Waals surface area contributed by atoms with Crippen LogP contribution in [0.25, 0.3) is 0 Å². The summed E-state index contributed by atoms with van der Waals surface area (Å²) in [7, 11) is -5.85. The van der Waals surface area contributed by atoms with Crippen molar-refractivity contribution < 1.29 is 26.5 Å². The number of hydrogen-bond acceptors (Lipinski definition) is 6. The van der Waals surface area contributed by atoms with E-state index < -0.39 is 26.7 Å². The van der Waals surface area contributed by atoms with Crippen molar-refractivity contribution in [1.82, 2.24) is 4.89 Å². The molecule has 0 atom stereocenters. The molecule has 1 aromatic carbocycles. The Bertz CT molecular complexity index is 585. The van der Waals surface area contributed by atoms with Gasteiger partial charge in [-0.25, -0.2) is 16.8 Å². The summed E-state index contributed by atoms with van der Waals surface area (Å²) in [5.74, 6) is -0.929. The molecule has 1 aromatic rings. The molecule has 0 aliphatic rings. The van der Waals surface area contributed by atoms with Gasteiger partial charge in [0.2, 0.25) is 10.9 Å². The normalized spacial score (nSPS) is 10.8. The van der Waals surface area contributed by atoms with E-state index in [1.807, 2.05) is 0 Å². The fraction of sp³-hybridized carbons (Fsp3) is 0.364. The lowest BCUT2D eigenvalue weighted by Crippen LogP contribution is -2.21. The first-order valence-corrected chi connectivity index (χ1v) is 8.57. The van der Waals surface area contributed by atoms with Gasteiger partial charge >= 0.3 is 5.97 Å². The molecule has 0 amide bonds. The molecule has 0 fully saturated rings. The minimum Gasteiger partial charge on any atom is -0.356 e. The van der Waals surface area contributed by atoms with Gasteiger partial charge in [0.15, 0.2) is 9.84 Å². The minimum absolute atomic E-state index is 0.331. The summed E-state index contributed by atoms with van der Waals surface area (Å²) >= 11 is 0.